The first-order valence-corrected chi connectivity index (χ1v) is 7.90. The third kappa shape index (κ3) is 3.10. The van der Waals surface area contributed by atoms with Crippen LogP contribution in [0, 0.1) is 0 Å². The Kier molecular flexibility index (Phi) is 4.61. The molecule has 1 amide bonds. The highest BCUT2D eigenvalue weighted by Crippen LogP contribution is 2.15. The quantitative estimate of drug-likeness (QED) is 0.864. The highest BCUT2D eigenvalue weighted by molar-refractivity contribution is 7.89. The molecule has 1 saturated heterocycles. The standard InChI is InChI=1S/C11H18N4O4S/c1-2-19-11(16)14-4-3-5-15(7-6-14)20(17,18)10-8-12-9-13-10/h8-9H,2-7H2,1H3,(H,12,13). The zero-order valence-corrected chi connectivity index (χ0v) is 12.1. The number of ether oxygens (including phenoxy) is 1. The number of nitrogens with one attached hydrogen (secondary N) is 1. The first-order valence-electron chi connectivity index (χ1n) is 6.46. The van der Waals surface area contributed by atoms with E-state index in [-0.39, 0.29) is 11.6 Å². The summed E-state index contributed by atoms with van der Waals surface area (Å²) in [4.78, 5) is 19.5. The minimum Gasteiger partial charge on any atom is -0.450 e. The first-order chi connectivity index (χ1) is 9.55. The summed E-state index contributed by atoms with van der Waals surface area (Å²) in [5.74, 6) is 0. The van der Waals surface area contributed by atoms with Gasteiger partial charge in [0.15, 0.2) is 5.03 Å². The Morgan fingerprint density at radius 1 is 1.40 bits per heavy atom. The van der Waals surface area contributed by atoms with Crippen molar-refractivity contribution in [3.05, 3.63) is 12.5 Å². The van der Waals surface area contributed by atoms with Crippen molar-refractivity contribution in [3.8, 4) is 0 Å². The maximum atomic E-state index is 12.3. The number of imidazole rings is 1. The van der Waals surface area contributed by atoms with Crippen molar-refractivity contribution in [1.29, 1.82) is 0 Å². The van der Waals surface area contributed by atoms with Crippen LogP contribution in [-0.2, 0) is 14.8 Å². The highest BCUT2D eigenvalue weighted by Gasteiger charge is 2.29. The van der Waals surface area contributed by atoms with E-state index < -0.39 is 16.1 Å². The maximum Gasteiger partial charge on any atom is 0.409 e. The first kappa shape index (κ1) is 14.8. The Morgan fingerprint density at radius 3 is 2.85 bits per heavy atom. The van der Waals surface area contributed by atoms with Crippen LogP contribution >= 0.6 is 0 Å². The molecule has 2 rings (SSSR count). The van der Waals surface area contributed by atoms with Gasteiger partial charge in [-0.05, 0) is 13.3 Å². The van der Waals surface area contributed by atoms with E-state index in [0.29, 0.717) is 32.7 Å². The molecule has 8 nitrogen and oxygen atoms in total. The van der Waals surface area contributed by atoms with Crippen LogP contribution in [-0.4, -0.2) is 66.5 Å². The summed E-state index contributed by atoms with van der Waals surface area (Å²) in [5, 5.41) is 0.0714. The number of carbonyl (C=O) groups excluding carboxylic acids is 1. The average Bonchev–Trinajstić information content (AvgIpc) is 2.84. The van der Waals surface area contributed by atoms with Crippen LogP contribution in [0.5, 0.6) is 0 Å². The fourth-order valence-corrected chi connectivity index (χ4v) is 3.42. The maximum absolute atomic E-state index is 12.3. The Labute approximate surface area is 117 Å². The molecule has 0 radical (unpaired) electrons. The number of rotatable bonds is 3. The van der Waals surface area contributed by atoms with E-state index in [2.05, 4.69) is 9.97 Å². The monoisotopic (exact) mass is 302 g/mol. The van der Waals surface area contributed by atoms with E-state index in [9.17, 15) is 13.2 Å². The second-order valence-electron chi connectivity index (χ2n) is 4.36. The van der Waals surface area contributed by atoms with E-state index >= 15 is 0 Å². The number of hydrogen-bond acceptors (Lipinski definition) is 5. The summed E-state index contributed by atoms with van der Waals surface area (Å²) in [6.45, 7) is 3.49. The molecule has 0 unspecified atom stereocenters. The van der Waals surface area contributed by atoms with Gasteiger partial charge in [-0.1, -0.05) is 0 Å². The molecular formula is C11H18N4O4S. The summed E-state index contributed by atoms with van der Waals surface area (Å²) in [6, 6.07) is 0. The molecular weight excluding hydrogens is 284 g/mol. The van der Waals surface area contributed by atoms with Crippen molar-refractivity contribution < 1.29 is 17.9 Å². The molecule has 9 heteroatoms. The van der Waals surface area contributed by atoms with Crippen LogP contribution < -0.4 is 0 Å². The molecule has 1 aliphatic heterocycles. The Hall–Kier alpha value is -1.61. The highest BCUT2D eigenvalue weighted by atomic mass is 32.2. The summed E-state index contributed by atoms with van der Waals surface area (Å²) in [5.41, 5.74) is 0. The zero-order chi connectivity index (χ0) is 14.6. The summed E-state index contributed by atoms with van der Waals surface area (Å²) in [6.07, 6.45) is 2.79. The van der Waals surface area contributed by atoms with Crippen molar-refractivity contribution in [2.45, 2.75) is 18.4 Å². The minimum absolute atomic E-state index is 0.0714. The predicted molar refractivity (Wildman–Crippen MR) is 70.6 cm³/mol. The van der Waals surface area contributed by atoms with Gasteiger partial charge in [-0.25, -0.2) is 18.2 Å². The number of sulfonamides is 1. The van der Waals surface area contributed by atoms with Crippen molar-refractivity contribution in [3.63, 3.8) is 0 Å². The molecule has 1 fully saturated rings. The molecule has 0 atom stereocenters. The summed E-state index contributed by atoms with van der Waals surface area (Å²) < 4.78 is 30.9. The van der Waals surface area contributed by atoms with Gasteiger partial charge in [-0.15, -0.1) is 0 Å². The van der Waals surface area contributed by atoms with E-state index in [1.807, 2.05) is 0 Å². The van der Waals surface area contributed by atoms with Crippen molar-refractivity contribution in [2.75, 3.05) is 32.8 Å². The summed E-state index contributed by atoms with van der Waals surface area (Å²) >= 11 is 0. The molecule has 1 aromatic heterocycles. The van der Waals surface area contributed by atoms with Crippen molar-refractivity contribution >= 4 is 16.1 Å². The molecule has 20 heavy (non-hydrogen) atoms. The third-order valence-electron chi connectivity index (χ3n) is 3.07. The van der Waals surface area contributed by atoms with Crippen LogP contribution in [0.3, 0.4) is 0 Å². The smallest absolute Gasteiger partial charge is 0.409 e. The van der Waals surface area contributed by atoms with Crippen LogP contribution in [0.15, 0.2) is 17.6 Å². The van der Waals surface area contributed by atoms with E-state index in [0.717, 1.165) is 0 Å². The van der Waals surface area contributed by atoms with Gasteiger partial charge in [0.05, 0.1) is 19.1 Å². The molecule has 1 N–H and O–H groups in total. The second-order valence-corrected chi connectivity index (χ2v) is 6.27. The lowest BCUT2D eigenvalue weighted by Gasteiger charge is -2.20. The molecule has 0 aliphatic carbocycles. The number of nitrogens with zero attached hydrogens (tertiary/aromatic N) is 3. The van der Waals surface area contributed by atoms with Crippen LogP contribution in [0.1, 0.15) is 13.3 Å². The lowest BCUT2D eigenvalue weighted by Crippen LogP contribution is -2.37. The van der Waals surface area contributed by atoms with E-state index in [1.165, 1.54) is 21.7 Å². The van der Waals surface area contributed by atoms with Gasteiger partial charge in [0, 0.05) is 26.2 Å². The van der Waals surface area contributed by atoms with Crippen molar-refractivity contribution in [2.24, 2.45) is 0 Å². The zero-order valence-electron chi connectivity index (χ0n) is 11.3. The van der Waals surface area contributed by atoms with E-state index in [1.54, 1.807) is 6.92 Å². The Balaban J connectivity index is 2.05. The number of hydrogen-bond donors (Lipinski definition) is 1. The molecule has 1 aliphatic rings. The fraction of sp³-hybridized carbons (Fsp3) is 0.636. The molecule has 1 aromatic rings. The minimum atomic E-state index is -3.57. The lowest BCUT2D eigenvalue weighted by molar-refractivity contribution is 0.109. The van der Waals surface area contributed by atoms with Crippen LogP contribution in [0.4, 0.5) is 4.79 Å². The topological polar surface area (TPSA) is 95.6 Å². The van der Waals surface area contributed by atoms with Gasteiger partial charge in [0.2, 0.25) is 0 Å². The Bertz CT molecular complexity index is 543. The molecule has 0 aromatic carbocycles. The Morgan fingerprint density at radius 2 is 2.20 bits per heavy atom. The van der Waals surface area contributed by atoms with Gasteiger partial charge >= 0.3 is 6.09 Å². The average molecular weight is 302 g/mol. The predicted octanol–water partition coefficient (Wildman–Crippen LogP) is 0.263. The fourth-order valence-electron chi connectivity index (χ4n) is 2.05. The van der Waals surface area contributed by atoms with Crippen molar-refractivity contribution in [1.82, 2.24) is 19.2 Å². The number of aromatic nitrogens is 2. The largest absolute Gasteiger partial charge is 0.450 e. The normalized spacial score (nSPS) is 17.8. The third-order valence-corrected chi connectivity index (χ3v) is 4.90. The van der Waals surface area contributed by atoms with E-state index in [4.69, 9.17) is 4.74 Å². The number of carbonyl (C=O) groups is 1. The molecule has 112 valence electrons. The number of amides is 1. The molecule has 0 saturated carbocycles. The van der Waals surface area contributed by atoms with Gasteiger partial charge in [0.25, 0.3) is 10.0 Å². The SMILES string of the molecule is CCOC(=O)N1CCCN(S(=O)(=O)c2cnc[nH]2)CC1. The van der Waals surface area contributed by atoms with Gasteiger partial charge in [-0.2, -0.15) is 4.31 Å². The second kappa shape index (κ2) is 6.23. The molecule has 2 heterocycles. The van der Waals surface area contributed by atoms with Crippen LogP contribution in [0.2, 0.25) is 0 Å². The van der Waals surface area contributed by atoms with Gasteiger partial charge < -0.3 is 14.6 Å². The molecule has 0 spiro atoms. The molecule has 0 bridgehead atoms. The van der Waals surface area contributed by atoms with Gasteiger partial charge in [0.1, 0.15) is 0 Å². The summed E-state index contributed by atoms with van der Waals surface area (Å²) in [7, 11) is -3.57. The van der Waals surface area contributed by atoms with Crippen LogP contribution in [0.25, 0.3) is 0 Å². The number of aromatic amines is 1. The van der Waals surface area contributed by atoms with Gasteiger partial charge in [-0.3, -0.25) is 0 Å². The number of H-pyrrole nitrogens is 1. The lowest BCUT2D eigenvalue weighted by atomic mass is 10.4.